The molecule has 0 bridgehead atoms. The SMILES string of the molecule is CCCCCCCCCCC1CC(C)Nc2ccccc21. The van der Waals surface area contributed by atoms with Crippen LogP contribution >= 0.6 is 0 Å². The Morgan fingerprint density at radius 1 is 0.952 bits per heavy atom. The standard InChI is InChI=1S/C20H33N/c1-3-4-5-6-7-8-9-10-13-18-16-17(2)21-20-15-12-11-14-19(18)20/h11-12,14-15,17-18,21H,3-10,13,16H2,1-2H3. The van der Waals surface area contributed by atoms with E-state index in [9.17, 15) is 0 Å². The number of hydrogen-bond acceptors (Lipinski definition) is 1. The lowest BCUT2D eigenvalue weighted by Crippen LogP contribution is -2.25. The number of nitrogens with one attached hydrogen (secondary N) is 1. The van der Waals surface area contributed by atoms with Crippen LogP contribution < -0.4 is 5.32 Å². The maximum absolute atomic E-state index is 3.62. The van der Waals surface area contributed by atoms with Crippen LogP contribution in [0.2, 0.25) is 0 Å². The van der Waals surface area contributed by atoms with Gasteiger partial charge in [0.25, 0.3) is 0 Å². The molecule has 2 rings (SSSR count). The molecule has 1 aromatic carbocycles. The highest BCUT2D eigenvalue weighted by Crippen LogP contribution is 2.37. The van der Waals surface area contributed by atoms with E-state index in [1.807, 2.05) is 0 Å². The topological polar surface area (TPSA) is 12.0 Å². The van der Waals surface area contributed by atoms with Gasteiger partial charge >= 0.3 is 0 Å². The maximum Gasteiger partial charge on any atom is 0.0377 e. The Hall–Kier alpha value is -0.980. The molecule has 0 aromatic heterocycles. The zero-order valence-electron chi connectivity index (χ0n) is 14.0. The lowest BCUT2D eigenvalue weighted by molar-refractivity contribution is 0.483. The van der Waals surface area contributed by atoms with Crippen LogP contribution in [-0.2, 0) is 0 Å². The predicted molar refractivity (Wildman–Crippen MR) is 94.1 cm³/mol. The molecular formula is C20H33N. The van der Waals surface area contributed by atoms with E-state index in [2.05, 4.69) is 43.4 Å². The van der Waals surface area contributed by atoms with Gasteiger partial charge in [-0.3, -0.25) is 0 Å². The summed E-state index contributed by atoms with van der Waals surface area (Å²) in [6, 6.07) is 9.53. The van der Waals surface area contributed by atoms with Gasteiger partial charge in [0.05, 0.1) is 0 Å². The molecule has 1 heterocycles. The first kappa shape index (κ1) is 16.4. The molecule has 1 heteroatoms. The minimum Gasteiger partial charge on any atom is -0.382 e. The van der Waals surface area contributed by atoms with Gasteiger partial charge in [0.1, 0.15) is 0 Å². The zero-order chi connectivity index (χ0) is 14.9. The number of fused-ring (bicyclic) bond motifs is 1. The third-order valence-electron chi connectivity index (χ3n) is 4.85. The molecule has 0 saturated heterocycles. The summed E-state index contributed by atoms with van der Waals surface area (Å²) in [6.45, 7) is 4.61. The van der Waals surface area contributed by atoms with Crippen molar-refractivity contribution in [3.8, 4) is 0 Å². The molecule has 0 radical (unpaired) electrons. The fourth-order valence-electron chi connectivity index (χ4n) is 3.66. The number of rotatable bonds is 9. The van der Waals surface area contributed by atoms with E-state index in [1.54, 1.807) is 5.56 Å². The average Bonchev–Trinajstić information content (AvgIpc) is 2.49. The number of hydrogen-bond donors (Lipinski definition) is 1. The Morgan fingerprint density at radius 3 is 2.38 bits per heavy atom. The molecule has 1 nitrogen and oxygen atoms in total. The number of anilines is 1. The highest BCUT2D eigenvalue weighted by molar-refractivity contribution is 5.55. The molecule has 0 spiro atoms. The summed E-state index contributed by atoms with van der Waals surface area (Å²) >= 11 is 0. The van der Waals surface area contributed by atoms with Crippen LogP contribution in [0.4, 0.5) is 5.69 Å². The molecule has 2 unspecified atom stereocenters. The molecule has 0 saturated carbocycles. The maximum atomic E-state index is 3.62. The van der Waals surface area contributed by atoms with Crippen molar-refractivity contribution >= 4 is 5.69 Å². The smallest absolute Gasteiger partial charge is 0.0377 e. The summed E-state index contributed by atoms with van der Waals surface area (Å²) in [7, 11) is 0. The summed E-state index contributed by atoms with van der Waals surface area (Å²) in [6.07, 6.45) is 14.0. The Bertz CT molecular complexity index is 399. The third-order valence-corrected chi connectivity index (χ3v) is 4.85. The van der Waals surface area contributed by atoms with Crippen LogP contribution in [0.3, 0.4) is 0 Å². The van der Waals surface area contributed by atoms with E-state index in [4.69, 9.17) is 0 Å². The van der Waals surface area contributed by atoms with Gasteiger partial charge in [-0.25, -0.2) is 0 Å². The van der Waals surface area contributed by atoms with Crippen molar-refractivity contribution in [3.63, 3.8) is 0 Å². The van der Waals surface area contributed by atoms with Crippen LogP contribution in [0.1, 0.15) is 89.5 Å². The van der Waals surface area contributed by atoms with Crippen molar-refractivity contribution in [1.29, 1.82) is 0 Å². The molecule has 1 aliphatic heterocycles. The molecule has 2 atom stereocenters. The second-order valence-electron chi connectivity index (χ2n) is 6.83. The monoisotopic (exact) mass is 287 g/mol. The van der Waals surface area contributed by atoms with Gasteiger partial charge < -0.3 is 5.32 Å². The summed E-state index contributed by atoms with van der Waals surface area (Å²) in [5, 5.41) is 3.62. The molecule has 1 aliphatic rings. The van der Waals surface area contributed by atoms with Crippen molar-refractivity contribution in [2.75, 3.05) is 5.32 Å². The highest BCUT2D eigenvalue weighted by atomic mass is 14.9. The first-order chi connectivity index (χ1) is 10.3. The number of benzene rings is 1. The molecule has 1 N–H and O–H groups in total. The Labute approximate surface area is 131 Å². The van der Waals surface area contributed by atoms with Gasteiger partial charge in [0.15, 0.2) is 0 Å². The average molecular weight is 287 g/mol. The van der Waals surface area contributed by atoms with Gasteiger partial charge in [-0.05, 0) is 37.3 Å². The number of unbranched alkanes of at least 4 members (excludes halogenated alkanes) is 7. The van der Waals surface area contributed by atoms with E-state index >= 15 is 0 Å². The lowest BCUT2D eigenvalue weighted by Gasteiger charge is -2.31. The van der Waals surface area contributed by atoms with E-state index in [0.29, 0.717) is 6.04 Å². The van der Waals surface area contributed by atoms with E-state index in [0.717, 1.165) is 5.92 Å². The van der Waals surface area contributed by atoms with E-state index in [-0.39, 0.29) is 0 Å². The lowest BCUT2D eigenvalue weighted by atomic mass is 9.84. The van der Waals surface area contributed by atoms with Crippen LogP contribution in [-0.4, -0.2) is 6.04 Å². The van der Waals surface area contributed by atoms with Crippen molar-refractivity contribution in [1.82, 2.24) is 0 Å². The summed E-state index contributed by atoms with van der Waals surface area (Å²) in [4.78, 5) is 0. The summed E-state index contributed by atoms with van der Waals surface area (Å²) in [5.41, 5.74) is 2.93. The molecule has 0 amide bonds. The normalized spacial score (nSPS) is 20.9. The van der Waals surface area contributed by atoms with Crippen molar-refractivity contribution in [2.24, 2.45) is 0 Å². The molecular weight excluding hydrogens is 254 g/mol. The molecule has 21 heavy (non-hydrogen) atoms. The quantitative estimate of drug-likeness (QED) is 0.511. The van der Waals surface area contributed by atoms with Crippen molar-refractivity contribution in [2.45, 2.75) is 90.0 Å². The third kappa shape index (κ3) is 5.37. The van der Waals surface area contributed by atoms with E-state index in [1.165, 1.54) is 69.9 Å². The zero-order valence-corrected chi connectivity index (χ0v) is 14.0. The van der Waals surface area contributed by atoms with Gasteiger partial charge in [0, 0.05) is 11.7 Å². The minimum atomic E-state index is 0.624. The predicted octanol–water partition coefficient (Wildman–Crippen LogP) is 6.51. The van der Waals surface area contributed by atoms with Crippen LogP contribution in [0.25, 0.3) is 0 Å². The second-order valence-corrected chi connectivity index (χ2v) is 6.83. The Kier molecular flexibility index (Phi) is 7.12. The van der Waals surface area contributed by atoms with E-state index < -0.39 is 0 Å². The molecule has 0 fully saturated rings. The van der Waals surface area contributed by atoms with Crippen LogP contribution in [0, 0.1) is 0 Å². The summed E-state index contributed by atoms with van der Waals surface area (Å²) < 4.78 is 0. The fourth-order valence-corrected chi connectivity index (χ4v) is 3.66. The fraction of sp³-hybridized carbons (Fsp3) is 0.700. The second kappa shape index (κ2) is 9.12. The van der Waals surface area contributed by atoms with Gasteiger partial charge in [0.2, 0.25) is 0 Å². The van der Waals surface area contributed by atoms with Gasteiger partial charge in [-0.1, -0.05) is 76.5 Å². The summed E-state index contributed by atoms with van der Waals surface area (Å²) in [5.74, 6) is 0.776. The van der Waals surface area contributed by atoms with Crippen molar-refractivity contribution in [3.05, 3.63) is 29.8 Å². The first-order valence-electron chi connectivity index (χ1n) is 9.16. The molecule has 118 valence electrons. The first-order valence-corrected chi connectivity index (χ1v) is 9.16. The highest BCUT2D eigenvalue weighted by Gasteiger charge is 2.22. The van der Waals surface area contributed by atoms with Crippen molar-refractivity contribution < 1.29 is 0 Å². The largest absolute Gasteiger partial charge is 0.382 e. The van der Waals surface area contributed by atoms with Gasteiger partial charge in [-0.15, -0.1) is 0 Å². The Morgan fingerprint density at radius 2 is 1.62 bits per heavy atom. The molecule has 0 aliphatic carbocycles. The molecule has 1 aromatic rings. The Balaban J connectivity index is 1.67. The van der Waals surface area contributed by atoms with Gasteiger partial charge in [-0.2, -0.15) is 0 Å². The van der Waals surface area contributed by atoms with Crippen LogP contribution in [0.5, 0.6) is 0 Å². The number of para-hydroxylation sites is 1. The van der Waals surface area contributed by atoms with Crippen LogP contribution in [0.15, 0.2) is 24.3 Å². The minimum absolute atomic E-state index is 0.624.